The van der Waals surface area contributed by atoms with Crippen molar-refractivity contribution >= 4 is 28.7 Å². The van der Waals surface area contributed by atoms with Crippen molar-refractivity contribution in [2.24, 2.45) is 11.8 Å². The van der Waals surface area contributed by atoms with E-state index in [0.717, 1.165) is 40.4 Å². The van der Waals surface area contributed by atoms with E-state index in [1.54, 1.807) is 6.08 Å². The molecule has 0 aliphatic heterocycles. The first-order valence-corrected chi connectivity index (χ1v) is 17.1. The maximum atomic E-state index is 13.8. The molecule has 0 radical (unpaired) electrons. The number of allylic oxidation sites excluding steroid dienone is 2. The molecule has 49 heavy (non-hydrogen) atoms. The lowest BCUT2D eigenvalue weighted by Crippen LogP contribution is -2.45. The molecule has 1 heterocycles. The van der Waals surface area contributed by atoms with Crippen molar-refractivity contribution in [2.45, 2.75) is 63.5 Å². The summed E-state index contributed by atoms with van der Waals surface area (Å²) >= 11 is 0. The molecule has 258 valence electrons. The van der Waals surface area contributed by atoms with Crippen LogP contribution < -0.4 is 10.6 Å². The van der Waals surface area contributed by atoms with Crippen molar-refractivity contribution in [3.63, 3.8) is 0 Å². The summed E-state index contributed by atoms with van der Waals surface area (Å²) in [6.07, 6.45) is 9.33. The number of fused-ring (bicyclic) bond motifs is 1. The zero-order valence-electron chi connectivity index (χ0n) is 28.2. The number of aliphatic hydroxyl groups excluding tert-OH is 1. The molecule has 3 aromatic carbocycles. The van der Waals surface area contributed by atoms with Gasteiger partial charge in [-0.3, -0.25) is 14.4 Å². The van der Waals surface area contributed by atoms with Gasteiger partial charge in [0.2, 0.25) is 11.8 Å². The molecule has 8 heteroatoms. The van der Waals surface area contributed by atoms with Gasteiger partial charge in [0, 0.05) is 23.5 Å². The fraction of sp³-hybridized carbons (Fsp3) is 0.341. The molecule has 0 aliphatic carbocycles. The summed E-state index contributed by atoms with van der Waals surface area (Å²) in [7, 11) is 0. The van der Waals surface area contributed by atoms with Gasteiger partial charge in [-0.15, -0.1) is 13.2 Å². The van der Waals surface area contributed by atoms with Crippen molar-refractivity contribution < 1.29 is 24.2 Å². The molecule has 2 amide bonds. The van der Waals surface area contributed by atoms with Crippen molar-refractivity contribution in [1.82, 2.24) is 15.6 Å². The number of unbranched alkanes of at least 4 members (excludes halogenated alkanes) is 1. The number of hydrogen-bond acceptors (Lipinski definition) is 5. The lowest BCUT2D eigenvalue weighted by atomic mass is 9.94. The smallest absolute Gasteiger partial charge is 0.309 e. The minimum atomic E-state index is -0.695. The second-order valence-corrected chi connectivity index (χ2v) is 12.6. The minimum Gasteiger partial charge on any atom is -0.463 e. The first-order chi connectivity index (χ1) is 23.9. The zero-order valence-corrected chi connectivity index (χ0v) is 28.2. The Kier molecular flexibility index (Phi) is 14.9. The Morgan fingerprint density at radius 1 is 0.796 bits per heavy atom. The van der Waals surface area contributed by atoms with Gasteiger partial charge < -0.3 is 25.5 Å². The van der Waals surface area contributed by atoms with E-state index in [-0.39, 0.29) is 49.8 Å². The molecule has 4 atom stereocenters. The summed E-state index contributed by atoms with van der Waals surface area (Å²) in [5.41, 5.74) is 4.00. The highest BCUT2D eigenvalue weighted by molar-refractivity contribution is 5.87. The van der Waals surface area contributed by atoms with Gasteiger partial charge in [-0.25, -0.2) is 0 Å². The normalized spacial score (nSPS) is 13.5. The summed E-state index contributed by atoms with van der Waals surface area (Å²) in [5, 5.41) is 16.9. The molecular weight excluding hydrogens is 614 g/mol. The number of aromatic amines is 1. The lowest BCUT2D eigenvalue weighted by Gasteiger charge is -2.24. The van der Waals surface area contributed by atoms with Gasteiger partial charge in [0.25, 0.3) is 0 Å². The van der Waals surface area contributed by atoms with Crippen LogP contribution >= 0.6 is 0 Å². The Morgan fingerprint density at radius 3 is 2.14 bits per heavy atom. The van der Waals surface area contributed by atoms with Crippen molar-refractivity contribution in [3.8, 4) is 0 Å². The Hall–Kier alpha value is -4.95. The highest BCUT2D eigenvalue weighted by Gasteiger charge is 2.27. The number of carbonyl (C=O) groups is 3. The summed E-state index contributed by atoms with van der Waals surface area (Å²) in [6, 6.07) is 26.4. The van der Waals surface area contributed by atoms with Crippen LogP contribution in [-0.2, 0) is 38.4 Å². The predicted molar refractivity (Wildman–Crippen MR) is 195 cm³/mol. The number of aromatic nitrogens is 1. The third-order valence-electron chi connectivity index (χ3n) is 8.70. The van der Waals surface area contributed by atoms with E-state index in [9.17, 15) is 19.5 Å². The number of nitrogens with one attached hydrogen (secondary N) is 3. The van der Waals surface area contributed by atoms with Crippen LogP contribution in [0.1, 0.15) is 48.8 Å². The summed E-state index contributed by atoms with van der Waals surface area (Å²) < 4.78 is 5.96. The van der Waals surface area contributed by atoms with E-state index in [1.807, 2.05) is 97.2 Å². The number of amides is 2. The highest BCUT2D eigenvalue weighted by Crippen LogP contribution is 2.22. The monoisotopic (exact) mass is 663 g/mol. The minimum absolute atomic E-state index is 0.0203. The van der Waals surface area contributed by atoms with Gasteiger partial charge in [-0.1, -0.05) is 91.0 Å². The van der Waals surface area contributed by atoms with Crippen molar-refractivity contribution in [3.05, 3.63) is 133 Å². The maximum Gasteiger partial charge on any atom is 0.309 e. The van der Waals surface area contributed by atoms with Crippen LogP contribution in [0.3, 0.4) is 0 Å². The number of H-pyrrole nitrogens is 1. The molecule has 0 aliphatic rings. The van der Waals surface area contributed by atoms with E-state index in [4.69, 9.17) is 4.74 Å². The number of para-hydroxylation sites is 1. The second-order valence-electron chi connectivity index (χ2n) is 12.6. The van der Waals surface area contributed by atoms with E-state index in [2.05, 4.69) is 28.8 Å². The van der Waals surface area contributed by atoms with Crippen LogP contribution in [0.25, 0.3) is 10.9 Å². The van der Waals surface area contributed by atoms with Crippen molar-refractivity contribution in [2.75, 3.05) is 13.2 Å². The highest BCUT2D eigenvalue weighted by atomic mass is 16.5. The summed E-state index contributed by atoms with van der Waals surface area (Å²) in [6.45, 7) is 7.37. The molecular formula is C41H49N3O5. The standard InChI is InChI=1S/C41H49N3O5/c1-3-5-8-20-33(23-30-16-9-6-10-17-30)41(48)49-29-36(25-34-27-42-38-22-14-13-21-37(34)38)44-40(47)32(15-4-2)26-39(46)43-35(28-45)24-31-18-11-7-12-19-31/h3-4,6-7,9-14,16-19,21-22,27,32-33,35-36,42,45H,1-2,5,8,15,20,23-26,28-29H2,(H,43,46)(H,44,47)/t32-,33-,35+,36+/m1/s1. The number of rotatable bonds is 21. The predicted octanol–water partition coefficient (Wildman–Crippen LogP) is 6.26. The number of carbonyl (C=O) groups excluding carboxylic acids is 3. The third kappa shape index (κ3) is 11.9. The molecule has 0 saturated carbocycles. The molecule has 0 saturated heterocycles. The molecule has 4 rings (SSSR count). The van der Waals surface area contributed by atoms with Gasteiger partial charge in [-0.05, 0) is 67.7 Å². The number of benzene rings is 3. The lowest BCUT2D eigenvalue weighted by molar-refractivity contribution is -0.150. The Balaban J connectivity index is 1.46. The molecule has 0 bridgehead atoms. The third-order valence-corrected chi connectivity index (χ3v) is 8.70. The SMILES string of the molecule is C=CCCC[C@H](Cc1ccccc1)C(=O)OC[C@H](Cc1c[nH]c2ccccc12)NC(=O)[C@H](CC=C)CC(=O)N[C@H](CO)Cc1ccccc1. The fourth-order valence-electron chi connectivity index (χ4n) is 6.10. The molecule has 0 fully saturated rings. The van der Waals surface area contributed by atoms with Crippen LogP contribution in [0.4, 0.5) is 0 Å². The van der Waals surface area contributed by atoms with E-state index < -0.39 is 18.0 Å². The van der Waals surface area contributed by atoms with Gasteiger partial charge in [0.15, 0.2) is 0 Å². The average Bonchev–Trinajstić information content (AvgIpc) is 3.53. The maximum absolute atomic E-state index is 13.8. The zero-order chi connectivity index (χ0) is 34.8. The van der Waals surface area contributed by atoms with Gasteiger partial charge in [0.1, 0.15) is 6.61 Å². The van der Waals surface area contributed by atoms with E-state index in [1.165, 1.54) is 0 Å². The fourth-order valence-corrected chi connectivity index (χ4v) is 6.10. The number of aliphatic hydroxyl groups is 1. The number of esters is 1. The van der Waals surface area contributed by atoms with Crippen LogP contribution in [0, 0.1) is 11.8 Å². The Bertz CT molecular complexity index is 1630. The van der Waals surface area contributed by atoms with E-state index >= 15 is 0 Å². The first-order valence-electron chi connectivity index (χ1n) is 17.1. The average molecular weight is 664 g/mol. The number of ether oxygens (including phenoxy) is 1. The quantitative estimate of drug-likeness (QED) is 0.0477. The largest absolute Gasteiger partial charge is 0.463 e. The van der Waals surface area contributed by atoms with Crippen LogP contribution in [0.15, 0.2) is 116 Å². The number of hydrogen-bond donors (Lipinski definition) is 4. The summed E-state index contributed by atoms with van der Waals surface area (Å²) in [5.74, 6) is -1.99. The first kappa shape index (κ1) is 36.9. The Morgan fingerprint density at radius 2 is 1.47 bits per heavy atom. The topological polar surface area (TPSA) is 121 Å². The molecule has 0 unspecified atom stereocenters. The molecule has 4 N–H and O–H groups in total. The van der Waals surface area contributed by atoms with Gasteiger partial charge in [-0.2, -0.15) is 0 Å². The van der Waals surface area contributed by atoms with E-state index in [0.29, 0.717) is 25.7 Å². The van der Waals surface area contributed by atoms with Crippen molar-refractivity contribution in [1.29, 1.82) is 0 Å². The molecule has 8 nitrogen and oxygen atoms in total. The Labute approximate surface area is 289 Å². The van der Waals surface area contributed by atoms with Crippen LogP contribution in [0.5, 0.6) is 0 Å². The van der Waals surface area contributed by atoms with Crippen LogP contribution in [0.2, 0.25) is 0 Å². The van der Waals surface area contributed by atoms with Gasteiger partial charge in [0.05, 0.1) is 30.5 Å². The molecule has 1 aromatic heterocycles. The van der Waals surface area contributed by atoms with Crippen LogP contribution in [-0.4, -0.2) is 53.2 Å². The molecule has 4 aromatic rings. The summed E-state index contributed by atoms with van der Waals surface area (Å²) in [4.78, 5) is 43.7. The molecule has 0 spiro atoms. The second kappa shape index (κ2) is 19.8. The van der Waals surface area contributed by atoms with Gasteiger partial charge >= 0.3 is 5.97 Å².